The number of anilines is 1. The van der Waals surface area contributed by atoms with E-state index in [2.05, 4.69) is 0 Å². The Hall–Kier alpha value is -1.81. The molecule has 0 saturated heterocycles. The summed E-state index contributed by atoms with van der Waals surface area (Å²) in [5.41, 5.74) is 7.41. The highest BCUT2D eigenvalue weighted by Crippen LogP contribution is 2.36. The first-order valence-corrected chi connectivity index (χ1v) is 6.14. The maximum atomic E-state index is 12.3. The summed E-state index contributed by atoms with van der Waals surface area (Å²) in [7, 11) is 3.79. The highest BCUT2D eigenvalue weighted by Gasteiger charge is 2.48. The lowest BCUT2D eigenvalue weighted by molar-refractivity contribution is -0.120. The van der Waals surface area contributed by atoms with Crippen LogP contribution in [-0.2, 0) is 11.8 Å². The van der Waals surface area contributed by atoms with Crippen LogP contribution in [0.1, 0.15) is 12.8 Å². The predicted octanol–water partition coefficient (Wildman–Crippen LogP) is 1.63. The Kier molecular flexibility index (Phi) is 2.25. The summed E-state index contributed by atoms with van der Waals surface area (Å²) in [5.74, 6) is 0.0128. The smallest absolute Gasteiger partial charge is 0.246 e. The lowest BCUT2D eigenvalue weighted by Gasteiger charge is -2.20. The number of carbonyl (C=O) groups excluding carboxylic acids is 1. The van der Waals surface area contributed by atoms with Gasteiger partial charge in [-0.05, 0) is 18.9 Å². The second kappa shape index (κ2) is 3.59. The molecular weight excluding hydrogens is 226 g/mol. The number of benzene rings is 1. The third-order valence-corrected chi connectivity index (χ3v) is 3.76. The summed E-state index contributed by atoms with van der Waals surface area (Å²) in [6, 6.07) is 8.07. The van der Waals surface area contributed by atoms with E-state index in [0.29, 0.717) is 0 Å². The van der Waals surface area contributed by atoms with Gasteiger partial charge in [0.2, 0.25) is 5.91 Å². The molecule has 1 aromatic carbocycles. The molecule has 3 rings (SSSR count). The normalized spacial score (nSPS) is 16.8. The molecule has 0 aliphatic heterocycles. The highest BCUT2D eigenvalue weighted by atomic mass is 16.2. The average molecular weight is 243 g/mol. The Labute approximate surface area is 106 Å². The van der Waals surface area contributed by atoms with E-state index in [1.165, 1.54) is 0 Å². The number of hydrogen-bond donors (Lipinski definition) is 1. The number of likely N-dealkylation sites (N-methyl/N-ethyl adjacent to an activating group) is 1. The van der Waals surface area contributed by atoms with Crippen molar-refractivity contribution in [3.05, 3.63) is 30.5 Å². The second-order valence-corrected chi connectivity index (χ2v) is 5.16. The standard InChI is InChI=1S/C14H17N3O/c1-16-9-12(10-5-3-4-6-11(10)16)17(2)13(18)14(15)7-8-14/h3-6,9H,7-8,15H2,1-2H3. The highest BCUT2D eigenvalue weighted by molar-refractivity contribution is 6.07. The zero-order valence-corrected chi connectivity index (χ0v) is 10.7. The molecule has 18 heavy (non-hydrogen) atoms. The second-order valence-electron chi connectivity index (χ2n) is 5.16. The number of hydrogen-bond acceptors (Lipinski definition) is 2. The van der Waals surface area contributed by atoms with Gasteiger partial charge >= 0.3 is 0 Å². The largest absolute Gasteiger partial charge is 0.348 e. The van der Waals surface area contributed by atoms with Gasteiger partial charge in [0.1, 0.15) is 0 Å². The third kappa shape index (κ3) is 1.53. The number of amides is 1. The Morgan fingerprint density at radius 3 is 2.72 bits per heavy atom. The number of nitrogens with two attached hydrogens (primary N) is 1. The maximum absolute atomic E-state index is 12.3. The van der Waals surface area contributed by atoms with Crippen molar-refractivity contribution in [1.29, 1.82) is 0 Å². The van der Waals surface area contributed by atoms with Gasteiger partial charge in [-0.2, -0.15) is 0 Å². The molecule has 2 N–H and O–H groups in total. The Morgan fingerprint density at radius 2 is 2.06 bits per heavy atom. The number of rotatable bonds is 2. The molecule has 0 atom stereocenters. The van der Waals surface area contributed by atoms with Crippen molar-refractivity contribution in [2.24, 2.45) is 12.8 Å². The molecule has 1 aromatic heterocycles. The lowest BCUT2D eigenvalue weighted by atomic mass is 10.2. The molecule has 0 unspecified atom stereocenters. The van der Waals surface area contributed by atoms with E-state index in [9.17, 15) is 4.79 Å². The topological polar surface area (TPSA) is 51.3 Å². The van der Waals surface area contributed by atoms with Crippen molar-refractivity contribution in [3.8, 4) is 0 Å². The number of fused-ring (bicyclic) bond motifs is 1. The third-order valence-electron chi connectivity index (χ3n) is 3.76. The van der Waals surface area contributed by atoms with Crippen molar-refractivity contribution in [2.75, 3.05) is 11.9 Å². The molecule has 94 valence electrons. The van der Waals surface area contributed by atoms with Crippen LogP contribution < -0.4 is 10.6 Å². The van der Waals surface area contributed by atoms with Crippen LogP contribution in [0.2, 0.25) is 0 Å². The quantitative estimate of drug-likeness (QED) is 0.871. The van der Waals surface area contributed by atoms with Crippen molar-refractivity contribution >= 4 is 22.5 Å². The van der Waals surface area contributed by atoms with Crippen LogP contribution in [0.3, 0.4) is 0 Å². The van der Waals surface area contributed by atoms with E-state index < -0.39 is 5.54 Å². The molecule has 4 nitrogen and oxygen atoms in total. The fourth-order valence-corrected chi connectivity index (χ4v) is 2.38. The van der Waals surface area contributed by atoms with E-state index in [1.807, 2.05) is 42.1 Å². The zero-order chi connectivity index (χ0) is 12.9. The predicted molar refractivity (Wildman–Crippen MR) is 72.5 cm³/mol. The summed E-state index contributed by atoms with van der Waals surface area (Å²) >= 11 is 0. The van der Waals surface area contributed by atoms with Gasteiger partial charge in [-0.25, -0.2) is 0 Å². The monoisotopic (exact) mass is 243 g/mol. The molecule has 0 radical (unpaired) electrons. The average Bonchev–Trinajstić information content (AvgIpc) is 3.04. The first-order chi connectivity index (χ1) is 8.53. The zero-order valence-electron chi connectivity index (χ0n) is 10.7. The summed E-state index contributed by atoms with van der Waals surface area (Å²) < 4.78 is 2.03. The Morgan fingerprint density at radius 1 is 1.39 bits per heavy atom. The minimum atomic E-state index is -0.619. The molecule has 1 amide bonds. The summed E-state index contributed by atoms with van der Waals surface area (Å²) in [6.07, 6.45) is 3.57. The minimum Gasteiger partial charge on any atom is -0.348 e. The van der Waals surface area contributed by atoms with Crippen LogP contribution >= 0.6 is 0 Å². The van der Waals surface area contributed by atoms with Crippen LogP contribution in [0.15, 0.2) is 30.5 Å². The van der Waals surface area contributed by atoms with E-state index in [-0.39, 0.29) is 5.91 Å². The minimum absolute atomic E-state index is 0.0128. The van der Waals surface area contributed by atoms with Crippen molar-refractivity contribution in [3.63, 3.8) is 0 Å². The van der Waals surface area contributed by atoms with Crippen LogP contribution in [0, 0.1) is 0 Å². The van der Waals surface area contributed by atoms with E-state index in [0.717, 1.165) is 29.4 Å². The molecule has 0 bridgehead atoms. The van der Waals surface area contributed by atoms with Crippen LogP contribution in [-0.4, -0.2) is 23.1 Å². The number of nitrogens with zero attached hydrogens (tertiary/aromatic N) is 2. The molecule has 1 saturated carbocycles. The number of para-hydroxylation sites is 1. The van der Waals surface area contributed by atoms with Gasteiger partial charge in [-0.1, -0.05) is 18.2 Å². The number of carbonyl (C=O) groups is 1. The summed E-state index contributed by atoms with van der Waals surface area (Å²) in [5, 5.41) is 1.08. The summed E-state index contributed by atoms with van der Waals surface area (Å²) in [4.78, 5) is 14.0. The van der Waals surface area contributed by atoms with Gasteiger partial charge in [0.25, 0.3) is 0 Å². The SMILES string of the molecule is CN(C(=O)C1(N)CC1)c1cn(C)c2ccccc12. The van der Waals surface area contributed by atoms with E-state index >= 15 is 0 Å². The van der Waals surface area contributed by atoms with Gasteiger partial charge < -0.3 is 15.2 Å². The fourth-order valence-electron chi connectivity index (χ4n) is 2.38. The van der Waals surface area contributed by atoms with Crippen LogP contribution in [0.25, 0.3) is 10.9 Å². The van der Waals surface area contributed by atoms with E-state index in [4.69, 9.17) is 5.73 Å². The van der Waals surface area contributed by atoms with Crippen molar-refractivity contribution in [2.45, 2.75) is 18.4 Å². The van der Waals surface area contributed by atoms with Gasteiger partial charge in [0, 0.05) is 31.2 Å². The van der Waals surface area contributed by atoms with Crippen LogP contribution in [0.4, 0.5) is 5.69 Å². The molecular formula is C14H17N3O. The molecule has 0 spiro atoms. The molecule has 1 aliphatic carbocycles. The first-order valence-electron chi connectivity index (χ1n) is 6.14. The number of aromatic nitrogens is 1. The van der Waals surface area contributed by atoms with Gasteiger partial charge in [0.15, 0.2) is 0 Å². The first kappa shape index (κ1) is 11.3. The molecule has 2 aromatic rings. The van der Waals surface area contributed by atoms with Crippen molar-refractivity contribution < 1.29 is 4.79 Å². The maximum Gasteiger partial charge on any atom is 0.246 e. The Bertz CT molecular complexity index is 625. The number of aryl methyl sites for hydroxylation is 1. The van der Waals surface area contributed by atoms with Crippen LogP contribution in [0.5, 0.6) is 0 Å². The molecule has 1 aliphatic rings. The van der Waals surface area contributed by atoms with E-state index in [1.54, 1.807) is 11.9 Å². The fraction of sp³-hybridized carbons (Fsp3) is 0.357. The van der Waals surface area contributed by atoms with Gasteiger partial charge in [-0.3, -0.25) is 4.79 Å². The molecule has 1 heterocycles. The van der Waals surface area contributed by atoms with Gasteiger partial charge in [-0.15, -0.1) is 0 Å². The molecule has 4 heteroatoms. The lowest BCUT2D eigenvalue weighted by Crippen LogP contribution is -2.43. The van der Waals surface area contributed by atoms with Crippen molar-refractivity contribution in [1.82, 2.24) is 4.57 Å². The Balaban J connectivity index is 2.06. The molecule has 1 fully saturated rings. The van der Waals surface area contributed by atoms with Gasteiger partial charge in [0.05, 0.1) is 11.2 Å². The summed E-state index contributed by atoms with van der Waals surface area (Å²) in [6.45, 7) is 0.